The summed E-state index contributed by atoms with van der Waals surface area (Å²) in [6.45, 7) is 11.9. The van der Waals surface area contributed by atoms with Gasteiger partial charge in [0.15, 0.2) is 0 Å². The number of rotatable bonds is 15. The van der Waals surface area contributed by atoms with Crippen LogP contribution in [0.5, 0.6) is 0 Å². The summed E-state index contributed by atoms with van der Waals surface area (Å²) in [5, 5.41) is 22.2. The lowest BCUT2D eigenvalue weighted by molar-refractivity contribution is 0.0124. The molecule has 2 aromatic rings. The van der Waals surface area contributed by atoms with E-state index < -0.39 is 6.10 Å². The minimum absolute atomic E-state index is 0.154. The maximum absolute atomic E-state index is 10.6. The SMILES string of the molecule is CC(C)(C)[C@H](O)[C@H](Cc1ccc(Cl)cc1)n1cncn1.NCCCNCCCCNCCCN. The summed E-state index contributed by atoms with van der Waals surface area (Å²) in [5.74, 6) is 0. The number of aliphatic hydroxyl groups excluding tert-OH is 1. The van der Waals surface area contributed by atoms with Crippen molar-refractivity contribution in [2.45, 2.75) is 65.0 Å². The summed E-state index contributed by atoms with van der Waals surface area (Å²) in [4.78, 5) is 3.98. The van der Waals surface area contributed by atoms with Gasteiger partial charge in [-0.25, -0.2) is 9.67 Å². The molecule has 0 saturated carbocycles. The van der Waals surface area contributed by atoms with Crippen molar-refractivity contribution in [3.8, 4) is 0 Å². The number of aliphatic hydroxyl groups is 1. The van der Waals surface area contributed by atoms with E-state index in [4.69, 9.17) is 23.1 Å². The summed E-state index contributed by atoms with van der Waals surface area (Å²) < 4.78 is 1.73. The lowest BCUT2D eigenvalue weighted by atomic mass is 9.82. The molecule has 0 bridgehead atoms. The van der Waals surface area contributed by atoms with Gasteiger partial charge in [-0.2, -0.15) is 5.10 Å². The van der Waals surface area contributed by atoms with Crippen molar-refractivity contribution in [2.75, 3.05) is 39.3 Å². The number of nitrogens with two attached hydrogens (primary N) is 2. The van der Waals surface area contributed by atoms with E-state index in [2.05, 4.69) is 20.7 Å². The van der Waals surface area contributed by atoms with Gasteiger partial charge in [0.1, 0.15) is 12.7 Å². The standard InChI is InChI=1S/C15H20ClN3O.C10H26N4/c1-15(2,3)14(20)13(19-10-17-9-18-19)8-11-4-6-12(16)7-5-11;11-5-3-9-13-7-1-2-8-14-10-4-6-12/h4-7,9-10,13-14,20H,8H2,1-3H3;13-14H,1-12H2/t13-,14+;/m0./s1. The lowest BCUT2D eigenvalue weighted by Gasteiger charge is -2.33. The van der Waals surface area contributed by atoms with E-state index in [-0.39, 0.29) is 11.5 Å². The summed E-state index contributed by atoms with van der Waals surface area (Å²) in [6, 6.07) is 7.51. The van der Waals surface area contributed by atoms with Crippen LogP contribution in [-0.4, -0.2) is 65.2 Å². The van der Waals surface area contributed by atoms with Crippen molar-refractivity contribution in [2.24, 2.45) is 16.9 Å². The summed E-state index contributed by atoms with van der Waals surface area (Å²) >= 11 is 5.91. The van der Waals surface area contributed by atoms with Gasteiger partial charge < -0.3 is 27.2 Å². The fraction of sp³-hybridized carbons (Fsp3) is 0.680. The Morgan fingerprint density at radius 1 is 0.941 bits per heavy atom. The van der Waals surface area contributed by atoms with Crippen LogP contribution in [0.4, 0.5) is 0 Å². The molecule has 0 aliphatic heterocycles. The Hall–Kier alpha value is -1.55. The number of hydrogen-bond acceptors (Lipinski definition) is 7. The molecule has 1 aromatic carbocycles. The summed E-state index contributed by atoms with van der Waals surface area (Å²) in [7, 11) is 0. The molecule has 1 aromatic heterocycles. The first kappa shape index (κ1) is 30.5. The molecule has 0 amide bonds. The fourth-order valence-corrected chi connectivity index (χ4v) is 3.51. The van der Waals surface area contributed by atoms with Crippen LogP contribution < -0.4 is 22.1 Å². The second-order valence-corrected chi connectivity index (χ2v) is 10.0. The average molecular weight is 496 g/mol. The zero-order chi connectivity index (χ0) is 25.2. The van der Waals surface area contributed by atoms with Gasteiger partial charge in [0.2, 0.25) is 0 Å². The third-order valence-corrected chi connectivity index (χ3v) is 5.71. The highest BCUT2D eigenvalue weighted by Crippen LogP contribution is 2.30. The highest BCUT2D eigenvalue weighted by molar-refractivity contribution is 6.30. The van der Waals surface area contributed by atoms with Gasteiger partial charge in [-0.15, -0.1) is 0 Å². The largest absolute Gasteiger partial charge is 0.390 e. The number of benzene rings is 1. The highest BCUT2D eigenvalue weighted by atomic mass is 35.5. The quantitative estimate of drug-likeness (QED) is 0.240. The minimum Gasteiger partial charge on any atom is -0.390 e. The monoisotopic (exact) mass is 495 g/mol. The van der Waals surface area contributed by atoms with Gasteiger partial charge in [0.25, 0.3) is 0 Å². The molecule has 2 atom stereocenters. The number of aromatic nitrogens is 3. The van der Waals surface area contributed by atoms with Crippen molar-refractivity contribution in [3.05, 3.63) is 47.5 Å². The van der Waals surface area contributed by atoms with Crippen LogP contribution in [0.15, 0.2) is 36.9 Å². The third-order valence-electron chi connectivity index (χ3n) is 5.46. The van der Waals surface area contributed by atoms with E-state index in [1.165, 1.54) is 19.2 Å². The normalized spacial score (nSPS) is 13.3. The van der Waals surface area contributed by atoms with Gasteiger partial charge in [0.05, 0.1) is 12.1 Å². The number of nitrogens with zero attached hydrogens (tertiary/aromatic N) is 3. The Labute approximate surface area is 210 Å². The lowest BCUT2D eigenvalue weighted by Crippen LogP contribution is -2.37. The van der Waals surface area contributed by atoms with Crippen molar-refractivity contribution in [1.82, 2.24) is 25.4 Å². The zero-order valence-electron chi connectivity index (χ0n) is 21.2. The predicted molar refractivity (Wildman–Crippen MR) is 142 cm³/mol. The van der Waals surface area contributed by atoms with Crippen LogP contribution in [-0.2, 0) is 6.42 Å². The molecular formula is C25H46ClN7O. The number of nitrogens with one attached hydrogen (secondary N) is 2. The highest BCUT2D eigenvalue weighted by Gasteiger charge is 2.32. The average Bonchev–Trinajstić information content (AvgIpc) is 3.34. The van der Waals surface area contributed by atoms with E-state index in [9.17, 15) is 5.11 Å². The molecule has 0 aliphatic carbocycles. The molecule has 0 saturated heterocycles. The first-order chi connectivity index (χ1) is 16.3. The molecule has 0 spiro atoms. The third kappa shape index (κ3) is 13.4. The number of hydrogen-bond donors (Lipinski definition) is 5. The molecule has 1 heterocycles. The van der Waals surface area contributed by atoms with Gasteiger partial charge in [-0.3, -0.25) is 0 Å². The first-order valence-electron chi connectivity index (χ1n) is 12.4. The van der Waals surface area contributed by atoms with Crippen molar-refractivity contribution in [3.63, 3.8) is 0 Å². The molecule has 2 rings (SSSR count). The molecule has 34 heavy (non-hydrogen) atoms. The van der Waals surface area contributed by atoms with Crippen LogP contribution in [0.2, 0.25) is 5.02 Å². The van der Waals surface area contributed by atoms with Crippen molar-refractivity contribution in [1.29, 1.82) is 0 Å². The van der Waals surface area contributed by atoms with Crippen LogP contribution in [0.1, 0.15) is 58.1 Å². The predicted octanol–water partition coefficient (Wildman–Crippen LogP) is 2.77. The Kier molecular flexibility index (Phi) is 16.0. The van der Waals surface area contributed by atoms with Gasteiger partial charge in [-0.05, 0) is 94.5 Å². The second kappa shape index (κ2) is 17.8. The second-order valence-electron chi connectivity index (χ2n) is 9.58. The van der Waals surface area contributed by atoms with Crippen LogP contribution >= 0.6 is 11.6 Å². The molecule has 0 radical (unpaired) electrons. The van der Waals surface area contributed by atoms with E-state index in [1.54, 1.807) is 11.0 Å². The molecular weight excluding hydrogens is 450 g/mol. The van der Waals surface area contributed by atoms with E-state index in [0.29, 0.717) is 11.4 Å². The Balaban J connectivity index is 0.000000365. The van der Waals surface area contributed by atoms with E-state index >= 15 is 0 Å². The minimum atomic E-state index is -0.528. The Bertz CT molecular complexity index is 708. The topological polar surface area (TPSA) is 127 Å². The molecule has 9 heteroatoms. The van der Waals surface area contributed by atoms with Gasteiger partial charge in [0, 0.05) is 5.02 Å². The number of unbranched alkanes of at least 4 members (excludes halogenated alkanes) is 1. The van der Waals surface area contributed by atoms with E-state index in [1.807, 2.05) is 45.0 Å². The van der Waals surface area contributed by atoms with Crippen LogP contribution in [0.3, 0.4) is 0 Å². The molecule has 7 N–H and O–H groups in total. The number of halogens is 1. The summed E-state index contributed by atoms with van der Waals surface area (Å²) in [5.41, 5.74) is 11.6. The first-order valence-corrected chi connectivity index (χ1v) is 12.8. The van der Waals surface area contributed by atoms with Crippen molar-refractivity contribution < 1.29 is 5.11 Å². The van der Waals surface area contributed by atoms with Crippen LogP contribution in [0.25, 0.3) is 0 Å². The summed E-state index contributed by atoms with van der Waals surface area (Å²) in [6.07, 6.45) is 7.92. The molecule has 0 aliphatic rings. The maximum Gasteiger partial charge on any atom is 0.137 e. The molecule has 194 valence electrons. The maximum atomic E-state index is 10.6. The van der Waals surface area contributed by atoms with E-state index in [0.717, 1.165) is 57.7 Å². The van der Waals surface area contributed by atoms with Gasteiger partial charge in [-0.1, -0.05) is 44.5 Å². The Morgan fingerprint density at radius 3 is 1.91 bits per heavy atom. The molecule has 8 nitrogen and oxygen atoms in total. The zero-order valence-corrected chi connectivity index (χ0v) is 22.0. The Morgan fingerprint density at radius 2 is 1.47 bits per heavy atom. The molecule has 0 fully saturated rings. The van der Waals surface area contributed by atoms with Gasteiger partial charge >= 0.3 is 0 Å². The van der Waals surface area contributed by atoms with Crippen molar-refractivity contribution >= 4 is 11.6 Å². The molecule has 0 unspecified atom stereocenters. The smallest absolute Gasteiger partial charge is 0.137 e. The fourth-order valence-electron chi connectivity index (χ4n) is 3.38. The van der Waals surface area contributed by atoms with Crippen LogP contribution in [0, 0.1) is 5.41 Å².